The monoisotopic (exact) mass is 210 g/mol. The Labute approximate surface area is 88.3 Å². The van der Waals surface area contributed by atoms with Crippen molar-refractivity contribution in [2.75, 3.05) is 25.0 Å². The van der Waals surface area contributed by atoms with Crippen LogP contribution in [0.25, 0.3) is 0 Å². The lowest BCUT2D eigenvalue weighted by Crippen LogP contribution is -2.38. The highest BCUT2D eigenvalue weighted by Crippen LogP contribution is 2.16. The summed E-state index contributed by atoms with van der Waals surface area (Å²) in [5.74, 6) is -0.248. The minimum atomic E-state index is -0.672. The molecule has 2 rings (SSSR count). The summed E-state index contributed by atoms with van der Waals surface area (Å²) in [5.41, 5.74) is 0.158. The Morgan fingerprint density at radius 2 is 2.13 bits per heavy atom. The van der Waals surface area contributed by atoms with Gasteiger partial charge >= 0.3 is 0 Å². The molecule has 1 fully saturated rings. The fourth-order valence-electron chi connectivity index (χ4n) is 1.72. The van der Waals surface area contributed by atoms with Crippen LogP contribution in [0.15, 0.2) is 24.3 Å². The van der Waals surface area contributed by atoms with Crippen LogP contribution in [-0.2, 0) is 0 Å². The molecule has 1 aliphatic heterocycles. The molecule has 0 radical (unpaired) electrons. The Bertz CT molecular complexity index is 320. The van der Waals surface area contributed by atoms with Crippen molar-refractivity contribution >= 4 is 5.69 Å². The van der Waals surface area contributed by atoms with Crippen LogP contribution in [0.3, 0.4) is 0 Å². The molecule has 0 aliphatic carbocycles. The summed E-state index contributed by atoms with van der Waals surface area (Å²) in [6.07, 6.45) is 0.751. The van der Waals surface area contributed by atoms with E-state index in [1.165, 1.54) is 12.1 Å². The van der Waals surface area contributed by atoms with Crippen molar-refractivity contribution in [2.45, 2.75) is 12.0 Å². The molecule has 15 heavy (non-hydrogen) atoms. The summed E-state index contributed by atoms with van der Waals surface area (Å²) in [6.45, 7) is 1.95. The van der Waals surface area contributed by atoms with E-state index in [2.05, 4.69) is 10.6 Å². The standard InChI is InChI=1S/C11H15FN2O/c12-9-1-3-10(4-2-9)14-8-11(15)5-6-13-7-11/h1-4,13-15H,5-8H2. The molecule has 1 aromatic rings. The van der Waals surface area contributed by atoms with Gasteiger partial charge in [0.25, 0.3) is 0 Å². The number of hydrogen-bond acceptors (Lipinski definition) is 3. The summed E-state index contributed by atoms with van der Waals surface area (Å²) in [5, 5.41) is 16.2. The van der Waals surface area contributed by atoms with E-state index >= 15 is 0 Å². The van der Waals surface area contributed by atoms with Gasteiger partial charge in [-0.3, -0.25) is 0 Å². The van der Waals surface area contributed by atoms with Gasteiger partial charge in [0.2, 0.25) is 0 Å². The molecule has 1 heterocycles. The number of hydrogen-bond donors (Lipinski definition) is 3. The van der Waals surface area contributed by atoms with E-state index in [-0.39, 0.29) is 5.82 Å². The topological polar surface area (TPSA) is 44.3 Å². The van der Waals surface area contributed by atoms with E-state index in [4.69, 9.17) is 0 Å². The Morgan fingerprint density at radius 1 is 1.40 bits per heavy atom. The zero-order chi connectivity index (χ0) is 10.7. The lowest BCUT2D eigenvalue weighted by Gasteiger charge is -2.22. The zero-order valence-electron chi connectivity index (χ0n) is 8.46. The molecule has 3 N–H and O–H groups in total. The van der Waals surface area contributed by atoms with Crippen LogP contribution < -0.4 is 10.6 Å². The van der Waals surface area contributed by atoms with Crippen molar-refractivity contribution in [2.24, 2.45) is 0 Å². The van der Waals surface area contributed by atoms with E-state index in [1.54, 1.807) is 12.1 Å². The number of β-amino-alcohol motifs (C(OH)–C–C–N with tert-alkyl or cyclic N) is 1. The first-order valence-electron chi connectivity index (χ1n) is 5.11. The molecular formula is C11H15FN2O. The molecule has 1 aliphatic rings. The average Bonchev–Trinajstić information content (AvgIpc) is 2.65. The largest absolute Gasteiger partial charge is 0.387 e. The Morgan fingerprint density at radius 3 is 2.73 bits per heavy atom. The highest BCUT2D eigenvalue weighted by molar-refractivity contribution is 5.43. The van der Waals surface area contributed by atoms with Gasteiger partial charge in [-0.2, -0.15) is 0 Å². The van der Waals surface area contributed by atoms with E-state index in [0.717, 1.165) is 18.7 Å². The molecule has 1 atom stereocenters. The van der Waals surface area contributed by atoms with Crippen molar-refractivity contribution in [3.63, 3.8) is 0 Å². The Balaban J connectivity index is 1.90. The Hall–Kier alpha value is -1.13. The van der Waals surface area contributed by atoms with Gasteiger partial charge in [-0.25, -0.2) is 4.39 Å². The van der Waals surface area contributed by atoms with Crippen LogP contribution in [0.4, 0.5) is 10.1 Å². The minimum absolute atomic E-state index is 0.248. The maximum absolute atomic E-state index is 12.6. The van der Waals surface area contributed by atoms with E-state index < -0.39 is 5.60 Å². The van der Waals surface area contributed by atoms with Crippen molar-refractivity contribution < 1.29 is 9.50 Å². The zero-order valence-corrected chi connectivity index (χ0v) is 8.46. The molecule has 1 aromatic carbocycles. The van der Waals surface area contributed by atoms with Crippen LogP contribution in [0.2, 0.25) is 0 Å². The number of nitrogens with one attached hydrogen (secondary N) is 2. The van der Waals surface area contributed by atoms with Crippen LogP contribution >= 0.6 is 0 Å². The molecule has 0 saturated carbocycles. The normalized spacial score (nSPS) is 25.5. The van der Waals surface area contributed by atoms with Gasteiger partial charge in [0.15, 0.2) is 0 Å². The third-order valence-electron chi connectivity index (χ3n) is 2.69. The number of halogens is 1. The third kappa shape index (κ3) is 2.67. The molecule has 1 unspecified atom stereocenters. The lowest BCUT2D eigenvalue weighted by molar-refractivity contribution is 0.0752. The predicted molar refractivity (Wildman–Crippen MR) is 57.3 cm³/mol. The third-order valence-corrected chi connectivity index (χ3v) is 2.69. The Kier molecular flexibility index (Phi) is 2.88. The maximum Gasteiger partial charge on any atom is 0.123 e. The first-order valence-corrected chi connectivity index (χ1v) is 5.11. The fraction of sp³-hybridized carbons (Fsp3) is 0.455. The minimum Gasteiger partial charge on any atom is -0.387 e. The van der Waals surface area contributed by atoms with Crippen molar-refractivity contribution in [3.8, 4) is 0 Å². The highest BCUT2D eigenvalue weighted by atomic mass is 19.1. The predicted octanol–water partition coefficient (Wildman–Crippen LogP) is 0.962. The van der Waals surface area contributed by atoms with Gasteiger partial charge in [-0.05, 0) is 37.2 Å². The van der Waals surface area contributed by atoms with Crippen LogP contribution in [0, 0.1) is 5.82 Å². The van der Waals surface area contributed by atoms with Crippen LogP contribution in [-0.4, -0.2) is 30.3 Å². The second-order valence-corrected chi connectivity index (χ2v) is 4.01. The van der Waals surface area contributed by atoms with Gasteiger partial charge in [0.1, 0.15) is 5.82 Å². The molecule has 82 valence electrons. The molecule has 0 aromatic heterocycles. The second-order valence-electron chi connectivity index (χ2n) is 4.01. The number of benzene rings is 1. The quantitative estimate of drug-likeness (QED) is 0.696. The highest BCUT2D eigenvalue weighted by Gasteiger charge is 2.30. The average molecular weight is 210 g/mol. The smallest absolute Gasteiger partial charge is 0.123 e. The summed E-state index contributed by atoms with van der Waals surface area (Å²) in [6, 6.07) is 6.14. The summed E-state index contributed by atoms with van der Waals surface area (Å²) >= 11 is 0. The van der Waals surface area contributed by atoms with Crippen molar-refractivity contribution in [1.29, 1.82) is 0 Å². The molecular weight excluding hydrogens is 195 g/mol. The number of rotatable bonds is 3. The first-order chi connectivity index (χ1) is 7.18. The fourth-order valence-corrected chi connectivity index (χ4v) is 1.72. The lowest BCUT2D eigenvalue weighted by atomic mass is 10.0. The molecule has 1 saturated heterocycles. The van der Waals surface area contributed by atoms with Gasteiger partial charge in [0.05, 0.1) is 5.60 Å². The second kappa shape index (κ2) is 4.16. The summed E-state index contributed by atoms with van der Waals surface area (Å²) in [4.78, 5) is 0. The SMILES string of the molecule is OC1(CNc2ccc(F)cc2)CCNC1. The summed E-state index contributed by atoms with van der Waals surface area (Å²) < 4.78 is 12.6. The van der Waals surface area contributed by atoms with E-state index in [1.807, 2.05) is 0 Å². The molecule has 0 spiro atoms. The van der Waals surface area contributed by atoms with Gasteiger partial charge in [-0.1, -0.05) is 0 Å². The first kappa shape index (κ1) is 10.4. The van der Waals surface area contributed by atoms with Crippen molar-refractivity contribution in [3.05, 3.63) is 30.1 Å². The summed E-state index contributed by atoms with van der Waals surface area (Å²) in [7, 11) is 0. The van der Waals surface area contributed by atoms with Gasteiger partial charge in [-0.15, -0.1) is 0 Å². The van der Waals surface area contributed by atoms with E-state index in [0.29, 0.717) is 13.1 Å². The molecule has 0 bridgehead atoms. The molecule has 4 heteroatoms. The maximum atomic E-state index is 12.6. The van der Waals surface area contributed by atoms with E-state index in [9.17, 15) is 9.50 Å². The number of anilines is 1. The molecule has 0 amide bonds. The van der Waals surface area contributed by atoms with Crippen molar-refractivity contribution in [1.82, 2.24) is 5.32 Å². The van der Waals surface area contributed by atoms with Gasteiger partial charge in [0, 0.05) is 18.8 Å². The number of aliphatic hydroxyl groups is 1. The van der Waals surface area contributed by atoms with Crippen LogP contribution in [0.5, 0.6) is 0 Å². The molecule has 3 nitrogen and oxygen atoms in total. The van der Waals surface area contributed by atoms with Crippen LogP contribution in [0.1, 0.15) is 6.42 Å². The van der Waals surface area contributed by atoms with Gasteiger partial charge < -0.3 is 15.7 Å².